The van der Waals surface area contributed by atoms with Crippen LogP contribution in [0.15, 0.2) is 49.2 Å². The van der Waals surface area contributed by atoms with Crippen molar-refractivity contribution < 1.29 is 28.3 Å². The first-order chi connectivity index (χ1) is 22.5. The number of ether oxygens (including phenoxy) is 1. The number of esters is 1. The van der Waals surface area contributed by atoms with Gasteiger partial charge >= 0.3 is 5.97 Å². The molecular weight excluding hydrogens is 627 g/mol. The molecule has 1 aromatic carbocycles. The minimum atomic E-state index is -2.29. The number of nitrogens with zero attached hydrogens (tertiary/aromatic N) is 2. The molecular formula is C36H53N5O6Si. The number of hydrazine groups is 1. The van der Waals surface area contributed by atoms with Gasteiger partial charge in [-0.15, -0.1) is 0 Å². The minimum Gasteiger partial charge on any atom is -0.457 e. The first kappa shape index (κ1) is 38.6. The predicted molar refractivity (Wildman–Crippen MR) is 191 cm³/mol. The molecule has 3 amide bonds. The summed E-state index contributed by atoms with van der Waals surface area (Å²) in [5, 5.41) is 8.75. The van der Waals surface area contributed by atoms with Gasteiger partial charge in [0.2, 0.25) is 11.8 Å². The Labute approximate surface area is 286 Å². The topological polar surface area (TPSA) is 139 Å². The SMILES string of the molecule is C=Cc1cc2cc([C@@H](C)OC(=O)[C@@H]3CCCN(C(=O)[C@H](C)NC(=O)[C@@H](NC(=O)CC=CC)[C@@H](C)O[Si](C)(C)C(C)(C)C)N3)ccc2cn1. The van der Waals surface area contributed by atoms with Crippen LogP contribution in [0, 0.1) is 0 Å². The Morgan fingerprint density at radius 2 is 1.83 bits per heavy atom. The molecule has 11 nitrogen and oxygen atoms in total. The van der Waals surface area contributed by atoms with Crippen LogP contribution in [0.5, 0.6) is 0 Å². The van der Waals surface area contributed by atoms with Gasteiger partial charge in [0.25, 0.3) is 5.91 Å². The molecule has 0 unspecified atom stereocenters. The number of pyridine rings is 1. The molecule has 3 N–H and O–H groups in total. The summed E-state index contributed by atoms with van der Waals surface area (Å²) < 4.78 is 12.3. The van der Waals surface area contributed by atoms with Gasteiger partial charge in [-0.05, 0) is 87.8 Å². The molecule has 5 atom stereocenters. The van der Waals surface area contributed by atoms with Crippen molar-refractivity contribution in [3.8, 4) is 0 Å². The smallest absolute Gasteiger partial charge is 0.325 e. The highest BCUT2D eigenvalue weighted by Crippen LogP contribution is 2.37. The summed E-state index contributed by atoms with van der Waals surface area (Å²) in [5.74, 6) is -1.73. The van der Waals surface area contributed by atoms with E-state index in [0.717, 1.165) is 22.0 Å². The van der Waals surface area contributed by atoms with E-state index in [1.807, 2.05) is 38.1 Å². The lowest BCUT2D eigenvalue weighted by Crippen LogP contribution is -2.62. The van der Waals surface area contributed by atoms with Crippen LogP contribution in [0.3, 0.4) is 0 Å². The summed E-state index contributed by atoms with van der Waals surface area (Å²) in [6.45, 7) is 21.6. The van der Waals surface area contributed by atoms with Gasteiger partial charge in [-0.25, -0.2) is 5.43 Å². The van der Waals surface area contributed by atoms with Crippen molar-refractivity contribution >= 4 is 48.9 Å². The Kier molecular flexibility index (Phi) is 13.3. The Bertz CT molecular complexity index is 1520. The second-order valence-electron chi connectivity index (χ2n) is 13.9. The van der Waals surface area contributed by atoms with Gasteiger partial charge in [-0.1, -0.05) is 51.6 Å². The van der Waals surface area contributed by atoms with E-state index in [2.05, 4.69) is 61.5 Å². The van der Waals surface area contributed by atoms with Crippen LogP contribution < -0.4 is 16.1 Å². The number of carbonyl (C=O) groups excluding carboxylic acids is 4. The number of hydrogen-bond donors (Lipinski definition) is 3. The summed E-state index contributed by atoms with van der Waals surface area (Å²) in [6, 6.07) is 5.03. The van der Waals surface area contributed by atoms with Crippen LogP contribution in [-0.4, -0.2) is 72.8 Å². The maximum absolute atomic E-state index is 13.6. The van der Waals surface area contributed by atoms with Gasteiger partial charge in [0, 0.05) is 24.5 Å². The van der Waals surface area contributed by atoms with E-state index < -0.39 is 56.4 Å². The monoisotopic (exact) mass is 679 g/mol. The zero-order valence-corrected chi connectivity index (χ0v) is 30.9. The van der Waals surface area contributed by atoms with Gasteiger partial charge in [0.15, 0.2) is 8.32 Å². The Morgan fingerprint density at radius 1 is 1.12 bits per heavy atom. The maximum Gasteiger partial charge on any atom is 0.325 e. The third kappa shape index (κ3) is 10.1. The number of hydrogen-bond acceptors (Lipinski definition) is 8. The lowest BCUT2D eigenvalue weighted by Gasteiger charge is -2.40. The van der Waals surface area contributed by atoms with Crippen LogP contribution in [0.25, 0.3) is 16.8 Å². The minimum absolute atomic E-state index is 0.113. The fraction of sp³-hybridized carbons (Fsp3) is 0.528. The third-order valence-electron chi connectivity index (χ3n) is 9.10. The second-order valence-corrected chi connectivity index (χ2v) is 18.7. The van der Waals surface area contributed by atoms with Crippen LogP contribution in [-0.2, 0) is 28.3 Å². The van der Waals surface area contributed by atoms with Crippen molar-refractivity contribution in [3.63, 3.8) is 0 Å². The molecule has 12 heteroatoms. The lowest BCUT2D eigenvalue weighted by atomic mass is 10.0. The normalized spacial score (nSPS) is 18.1. The van der Waals surface area contributed by atoms with Crippen LogP contribution in [0.4, 0.5) is 0 Å². The lowest BCUT2D eigenvalue weighted by molar-refractivity contribution is -0.157. The molecule has 1 aliphatic rings. The molecule has 0 saturated carbocycles. The highest BCUT2D eigenvalue weighted by atomic mass is 28.4. The summed E-state index contributed by atoms with van der Waals surface area (Å²) in [4.78, 5) is 57.3. The van der Waals surface area contributed by atoms with E-state index in [1.165, 1.54) is 5.01 Å². The predicted octanol–water partition coefficient (Wildman–Crippen LogP) is 5.34. The Balaban J connectivity index is 1.65. The quantitative estimate of drug-likeness (QED) is 0.147. The van der Waals surface area contributed by atoms with Gasteiger partial charge in [0.05, 0.1) is 11.8 Å². The number of nitrogens with one attached hydrogen (secondary N) is 3. The molecule has 1 fully saturated rings. The van der Waals surface area contributed by atoms with Gasteiger partial charge in [-0.3, -0.25) is 29.2 Å². The molecule has 0 spiro atoms. The molecule has 1 aromatic heterocycles. The molecule has 1 saturated heterocycles. The van der Waals surface area contributed by atoms with Crippen LogP contribution in [0.2, 0.25) is 18.1 Å². The van der Waals surface area contributed by atoms with E-state index in [9.17, 15) is 19.2 Å². The number of amides is 3. The number of rotatable bonds is 13. The van der Waals surface area contributed by atoms with E-state index in [1.54, 1.807) is 38.3 Å². The molecule has 2 heterocycles. The second kappa shape index (κ2) is 16.5. The largest absolute Gasteiger partial charge is 0.457 e. The summed E-state index contributed by atoms with van der Waals surface area (Å²) >= 11 is 0. The maximum atomic E-state index is 13.6. The standard InChI is InChI=1S/C36H53N5O6Si/c1-11-13-16-31(42)39-32(25(5)47-48(9,10)36(6,7)8)33(43)38-23(3)34(44)41-19-14-15-30(40-41)35(45)46-24(4)26-17-18-27-22-37-29(12-2)21-28(27)20-26/h11-13,17-18,20-25,30,32,40H,2,14-16,19H2,1,3-10H3,(H,38,43)(H,39,42)/t23-,24+,25+,30-,32-/m0/s1. The fourth-order valence-electron chi connectivity index (χ4n) is 5.14. The fourth-order valence-corrected chi connectivity index (χ4v) is 6.56. The van der Waals surface area contributed by atoms with E-state index >= 15 is 0 Å². The van der Waals surface area contributed by atoms with Gasteiger partial charge in [0.1, 0.15) is 24.2 Å². The Morgan fingerprint density at radius 3 is 2.48 bits per heavy atom. The van der Waals surface area contributed by atoms with Crippen molar-refractivity contribution in [2.24, 2.45) is 0 Å². The third-order valence-corrected chi connectivity index (χ3v) is 13.7. The average molecular weight is 680 g/mol. The van der Waals surface area contributed by atoms with Crippen molar-refractivity contribution in [3.05, 3.63) is 60.5 Å². The highest BCUT2D eigenvalue weighted by molar-refractivity contribution is 6.74. The van der Waals surface area contributed by atoms with Crippen LogP contribution in [0.1, 0.15) is 85.1 Å². The number of allylic oxidation sites excluding steroid dienone is 1. The average Bonchev–Trinajstić information content (AvgIpc) is 3.04. The zero-order chi connectivity index (χ0) is 35.8. The molecule has 0 radical (unpaired) electrons. The Hall–Kier alpha value is -3.87. The van der Waals surface area contributed by atoms with Crippen molar-refractivity contribution in [2.45, 2.75) is 116 Å². The molecule has 2 aromatic rings. The first-order valence-electron chi connectivity index (χ1n) is 16.7. The van der Waals surface area contributed by atoms with Gasteiger partial charge in [-0.2, -0.15) is 0 Å². The van der Waals surface area contributed by atoms with E-state index in [0.29, 0.717) is 19.4 Å². The summed E-state index contributed by atoms with van der Waals surface area (Å²) in [5.41, 5.74) is 4.59. The molecule has 0 aliphatic carbocycles. The number of fused-ring (bicyclic) bond motifs is 1. The van der Waals surface area contributed by atoms with E-state index in [-0.39, 0.29) is 17.4 Å². The molecule has 48 heavy (non-hydrogen) atoms. The highest BCUT2D eigenvalue weighted by Gasteiger charge is 2.42. The molecule has 262 valence electrons. The van der Waals surface area contributed by atoms with E-state index in [4.69, 9.17) is 9.16 Å². The van der Waals surface area contributed by atoms with Crippen molar-refractivity contribution in [1.29, 1.82) is 0 Å². The molecule has 1 aliphatic heterocycles. The number of aromatic nitrogens is 1. The summed E-state index contributed by atoms with van der Waals surface area (Å²) in [7, 11) is -2.29. The molecule has 0 bridgehead atoms. The van der Waals surface area contributed by atoms with Crippen molar-refractivity contribution in [2.75, 3.05) is 6.54 Å². The first-order valence-corrected chi connectivity index (χ1v) is 19.6. The molecule has 3 rings (SSSR count). The van der Waals surface area contributed by atoms with Gasteiger partial charge < -0.3 is 19.8 Å². The number of benzene rings is 1. The summed E-state index contributed by atoms with van der Waals surface area (Å²) in [6.07, 6.45) is 6.94. The van der Waals surface area contributed by atoms with Crippen LogP contribution >= 0.6 is 0 Å². The zero-order valence-electron chi connectivity index (χ0n) is 29.9. The van der Waals surface area contributed by atoms with Crippen molar-refractivity contribution in [1.82, 2.24) is 26.1 Å². The number of carbonyl (C=O) groups is 4.